The molecule has 0 N–H and O–H groups in total. The van der Waals surface area contributed by atoms with Crippen molar-refractivity contribution in [3.8, 4) is 0 Å². The van der Waals surface area contributed by atoms with Gasteiger partial charge in [0.25, 0.3) is 0 Å². The number of nitrogens with zero attached hydrogens (tertiary/aromatic N) is 6. The van der Waals surface area contributed by atoms with Gasteiger partial charge in [0.2, 0.25) is 5.91 Å². The van der Waals surface area contributed by atoms with Crippen molar-refractivity contribution in [3.05, 3.63) is 24.5 Å². The number of carbonyl (C=O) groups is 1. The molecule has 1 amide bonds. The molecular weight excluding hydrogens is 328 g/mol. The van der Waals surface area contributed by atoms with Crippen molar-refractivity contribution in [2.75, 3.05) is 44.2 Å². The Morgan fingerprint density at radius 3 is 2.65 bits per heavy atom. The van der Waals surface area contributed by atoms with Gasteiger partial charge in [-0.2, -0.15) is 0 Å². The van der Waals surface area contributed by atoms with Crippen LogP contribution in [0.3, 0.4) is 0 Å². The zero-order chi connectivity index (χ0) is 17.9. The summed E-state index contributed by atoms with van der Waals surface area (Å²) < 4.78 is 1.80. The first-order valence-electron chi connectivity index (χ1n) is 9.78. The van der Waals surface area contributed by atoms with Gasteiger partial charge in [-0.05, 0) is 51.4 Å². The van der Waals surface area contributed by atoms with Crippen LogP contribution < -0.4 is 4.90 Å². The lowest BCUT2D eigenvalue weighted by Gasteiger charge is -2.35. The fourth-order valence-electron chi connectivity index (χ4n) is 4.01. The first-order valence-corrected chi connectivity index (χ1v) is 9.78. The molecular formula is C19H28N6O. The van der Waals surface area contributed by atoms with Crippen molar-refractivity contribution in [3.63, 3.8) is 0 Å². The highest BCUT2D eigenvalue weighted by Gasteiger charge is 2.24. The first-order chi connectivity index (χ1) is 12.7. The van der Waals surface area contributed by atoms with E-state index in [0.29, 0.717) is 18.4 Å². The second-order valence-electron chi connectivity index (χ2n) is 7.42. The van der Waals surface area contributed by atoms with Crippen LogP contribution in [-0.2, 0) is 4.79 Å². The standard InChI is InChI=1S/C19H28N6O/c1-16(22-9-2-3-10-22)4-7-19(26)24-14-12-23(13-15-24)18-6-5-17-20-8-11-25(17)21-18/h5-6,8,11,16H,2-4,7,9-10,12-15H2,1H3/t16-/m1/s1. The van der Waals surface area contributed by atoms with Gasteiger partial charge in [0, 0.05) is 51.0 Å². The third-order valence-electron chi connectivity index (χ3n) is 5.74. The Labute approximate surface area is 154 Å². The Balaban J connectivity index is 1.26. The number of imidazole rings is 1. The highest BCUT2D eigenvalue weighted by Crippen LogP contribution is 2.17. The molecule has 4 rings (SSSR count). The van der Waals surface area contributed by atoms with Gasteiger partial charge in [-0.25, -0.2) is 9.50 Å². The van der Waals surface area contributed by atoms with Crippen LogP contribution in [0.25, 0.3) is 5.65 Å². The minimum absolute atomic E-state index is 0.300. The number of carbonyl (C=O) groups excluding carboxylic acids is 1. The summed E-state index contributed by atoms with van der Waals surface area (Å²) in [5.41, 5.74) is 0.856. The van der Waals surface area contributed by atoms with Gasteiger partial charge in [0.05, 0.1) is 0 Å². The Hall–Kier alpha value is -2.15. The number of hydrogen-bond acceptors (Lipinski definition) is 5. The summed E-state index contributed by atoms with van der Waals surface area (Å²) in [4.78, 5) is 23.6. The van der Waals surface area contributed by atoms with Gasteiger partial charge in [0.1, 0.15) is 5.82 Å². The van der Waals surface area contributed by atoms with Crippen LogP contribution in [0.1, 0.15) is 32.6 Å². The maximum atomic E-state index is 12.6. The van der Waals surface area contributed by atoms with Gasteiger partial charge < -0.3 is 14.7 Å². The maximum absolute atomic E-state index is 12.6. The quantitative estimate of drug-likeness (QED) is 0.815. The van der Waals surface area contributed by atoms with E-state index >= 15 is 0 Å². The van der Waals surface area contributed by atoms with Crippen molar-refractivity contribution in [2.24, 2.45) is 0 Å². The molecule has 0 unspecified atom stereocenters. The molecule has 2 aromatic rings. The topological polar surface area (TPSA) is 57.0 Å². The molecule has 26 heavy (non-hydrogen) atoms. The lowest BCUT2D eigenvalue weighted by molar-refractivity contribution is -0.131. The van der Waals surface area contributed by atoms with E-state index in [1.807, 2.05) is 23.2 Å². The van der Waals surface area contributed by atoms with E-state index < -0.39 is 0 Å². The molecule has 140 valence electrons. The van der Waals surface area contributed by atoms with Gasteiger partial charge in [-0.1, -0.05) is 0 Å². The molecule has 0 bridgehead atoms. The monoisotopic (exact) mass is 356 g/mol. The number of likely N-dealkylation sites (tertiary alicyclic amines) is 1. The molecule has 1 atom stereocenters. The van der Waals surface area contributed by atoms with E-state index in [0.717, 1.165) is 44.1 Å². The first kappa shape index (κ1) is 17.3. The molecule has 0 aliphatic carbocycles. The van der Waals surface area contributed by atoms with Crippen LogP contribution in [0.5, 0.6) is 0 Å². The zero-order valence-electron chi connectivity index (χ0n) is 15.5. The van der Waals surface area contributed by atoms with Gasteiger partial charge >= 0.3 is 0 Å². The molecule has 2 saturated heterocycles. The minimum Gasteiger partial charge on any atom is -0.352 e. The number of anilines is 1. The second-order valence-corrected chi connectivity index (χ2v) is 7.42. The minimum atomic E-state index is 0.300. The third kappa shape index (κ3) is 3.67. The summed E-state index contributed by atoms with van der Waals surface area (Å²) in [5, 5.41) is 4.60. The van der Waals surface area contributed by atoms with E-state index in [1.54, 1.807) is 10.7 Å². The van der Waals surface area contributed by atoms with E-state index in [2.05, 4.69) is 26.8 Å². The zero-order valence-corrected chi connectivity index (χ0v) is 15.5. The number of fused-ring (bicyclic) bond motifs is 1. The maximum Gasteiger partial charge on any atom is 0.222 e. The van der Waals surface area contributed by atoms with Crippen LogP contribution in [-0.4, -0.2) is 75.6 Å². The van der Waals surface area contributed by atoms with Crippen molar-refractivity contribution in [1.82, 2.24) is 24.4 Å². The highest BCUT2D eigenvalue weighted by molar-refractivity contribution is 5.76. The molecule has 7 nitrogen and oxygen atoms in total. The van der Waals surface area contributed by atoms with E-state index in [4.69, 9.17) is 0 Å². The van der Waals surface area contributed by atoms with Crippen LogP contribution in [0.4, 0.5) is 5.82 Å². The van der Waals surface area contributed by atoms with Gasteiger partial charge in [-0.3, -0.25) is 4.79 Å². The van der Waals surface area contributed by atoms with E-state index in [9.17, 15) is 4.79 Å². The molecule has 0 aromatic carbocycles. The molecule has 0 saturated carbocycles. The summed E-state index contributed by atoms with van der Waals surface area (Å²) in [6.45, 7) is 7.88. The molecule has 2 fully saturated rings. The summed E-state index contributed by atoms with van der Waals surface area (Å²) in [7, 11) is 0. The molecule has 0 radical (unpaired) electrons. The Morgan fingerprint density at radius 1 is 1.12 bits per heavy atom. The van der Waals surface area contributed by atoms with Gasteiger partial charge in [-0.15, -0.1) is 5.10 Å². The van der Waals surface area contributed by atoms with Crippen LogP contribution >= 0.6 is 0 Å². The number of piperazine rings is 1. The normalized spacial score (nSPS) is 20.0. The van der Waals surface area contributed by atoms with Crippen molar-refractivity contribution in [1.29, 1.82) is 0 Å². The largest absolute Gasteiger partial charge is 0.352 e. The average Bonchev–Trinajstić information content (AvgIpc) is 3.37. The molecule has 2 aromatic heterocycles. The Bertz CT molecular complexity index is 745. The molecule has 4 heterocycles. The molecule has 7 heteroatoms. The smallest absolute Gasteiger partial charge is 0.222 e. The van der Waals surface area contributed by atoms with Crippen molar-refractivity contribution in [2.45, 2.75) is 38.6 Å². The lowest BCUT2D eigenvalue weighted by Crippen LogP contribution is -2.49. The van der Waals surface area contributed by atoms with Crippen molar-refractivity contribution < 1.29 is 4.79 Å². The second kappa shape index (κ2) is 7.61. The fraction of sp³-hybridized carbons (Fsp3) is 0.632. The summed E-state index contributed by atoms with van der Waals surface area (Å²) in [5.74, 6) is 1.25. The lowest BCUT2D eigenvalue weighted by atomic mass is 10.1. The molecule has 2 aliphatic rings. The summed E-state index contributed by atoms with van der Waals surface area (Å²) >= 11 is 0. The van der Waals surface area contributed by atoms with E-state index in [1.165, 1.54) is 25.9 Å². The predicted molar refractivity (Wildman–Crippen MR) is 101 cm³/mol. The third-order valence-corrected chi connectivity index (χ3v) is 5.74. The SMILES string of the molecule is C[C@H](CCC(=O)N1CCN(c2ccc3nccn3n2)CC1)N1CCCC1. The number of amides is 1. The number of aromatic nitrogens is 3. The van der Waals surface area contributed by atoms with E-state index in [-0.39, 0.29) is 0 Å². The van der Waals surface area contributed by atoms with Crippen LogP contribution in [0.2, 0.25) is 0 Å². The average molecular weight is 356 g/mol. The Kier molecular flexibility index (Phi) is 5.06. The molecule has 0 spiro atoms. The summed E-state index contributed by atoms with van der Waals surface area (Å²) in [6, 6.07) is 4.52. The molecule has 2 aliphatic heterocycles. The number of hydrogen-bond donors (Lipinski definition) is 0. The van der Waals surface area contributed by atoms with Crippen molar-refractivity contribution >= 4 is 17.4 Å². The fourth-order valence-corrected chi connectivity index (χ4v) is 4.01. The number of rotatable bonds is 5. The van der Waals surface area contributed by atoms with Crippen LogP contribution in [0, 0.1) is 0 Å². The highest BCUT2D eigenvalue weighted by atomic mass is 16.2. The summed E-state index contributed by atoms with van der Waals surface area (Å²) in [6.07, 6.45) is 7.86. The Morgan fingerprint density at radius 2 is 1.88 bits per heavy atom. The van der Waals surface area contributed by atoms with Gasteiger partial charge in [0.15, 0.2) is 5.65 Å². The predicted octanol–water partition coefficient (Wildman–Crippen LogP) is 1.64. The van der Waals surface area contributed by atoms with Crippen LogP contribution in [0.15, 0.2) is 24.5 Å².